The molecule has 8 heteroatoms. The molecule has 1 rings (SSSR count). The smallest absolute Gasteiger partial charge is 0.211 e. The SMILES string of the molecule is NC(N)=NN=Cc1c(F)c(F)cc(Cl)c1Cl. The van der Waals surface area contributed by atoms with Gasteiger partial charge in [0, 0.05) is 0 Å². The molecule has 0 aromatic heterocycles. The Bertz CT molecular complexity index is 443. The Morgan fingerprint density at radius 3 is 2.50 bits per heavy atom. The quantitative estimate of drug-likeness (QED) is 0.371. The van der Waals surface area contributed by atoms with Crippen LogP contribution in [0.3, 0.4) is 0 Å². The lowest BCUT2D eigenvalue weighted by molar-refractivity contribution is 0.507. The molecule has 0 spiro atoms. The van der Waals surface area contributed by atoms with Gasteiger partial charge in [-0.3, -0.25) is 0 Å². The third kappa shape index (κ3) is 2.80. The van der Waals surface area contributed by atoms with Crippen LogP contribution < -0.4 is 11.5 Å². The second-order valence-corrected chi connectivity index (χ2v) is 3.44. The minimum atomic E-state index is -1.18. The zero-order chi connectivity index (χ0) is 12.3. The van der Waals surface area contributed by atoms with Gasteiger partial charge in [0.2, 0.25) is 5.96 Å². The second-order valence-electron chi connectivity index (χ2n) is 2.65. The number of benzene rings is 1. The highest BCUT2D eigenvalue weighted by molar-refractivity contribution is 6.43. The molecule has 0 saturated heterocycles. The Balaban J connectivity index is 3.23. The summed E-state index contributed by atoms with van der Waals surface area (Å²) in [6, 6.07) is 0.761. The topological polar surface area (TPSA) is 76.8 Å². The Morgan fingerprint density at radius 1 is 1.31 bits per heavy atom. The van der Waals surface area contributed by atoms with E-state index in [9.17, 15) is 8.78 Å². The Morgan fingerprint density at radius 2 is 1.94 bits per heavy atom. The van der Waals surface area contributed by atoms with Crippen LogP contribution in [0.1, 0.15) is 5.56 Å². The molecule has 0 atom stereocenters. The summed E-state index contributed by atoms with van der Waals surface area (Å²) >= 11 is 11.2. The summed E-state index contributed by atoms with van der Waals surface area (Å²) in [5.74, 6) is -2.64. The maximum atomic E-state index is 13.2. The van der Waals surface area contributed by atoms with Crippen LogP contribution in [-0.2, 0) is 0 Å². The van der Waals surface area contributed by atoms with E-state index in [1.165, 1.54) is 0 Å². The van der Waals surface area contributed by atoms with Gasteiger partial charge < -0.3 is 11.5 Å². The van der Waals surface area contributed by atoms with Crippen molar-refractivity contribution in [3.8, 4) is 0 Å². The van der Waals surface area contributed by atoms with Crippen LogP contribution in [0.25, 0.3) is 0 Å². The number of hydrogen-bond donors (Lipinski definition) is 2. The van der Waals surface area contributed by atoms with Gasteiger partial charge in [-0.1, -0.05) is 23.2 Å². The molecule has 86 valence electrons. The first-order valence-corrected chi connectivity index (χ1v) is 4.64. The average Bonchev–Trinajstić information content (AvgIpc) is 2.20. The summed E-state index contributed by atoms with van der Waals surface area (Å²) in [6.07, 6.45) is 0.867. The fourth-order valence-electron chi connectivity index (χ4n) is 0.858. The molecule has 0 amide bonds. The minimum absolute atomic E-state index is 0.133. The second kappa shape index (κ2) is 5.09. The Hall–Kier alpha value is -1.40. The number of guanidine groups is 1. The van der Waals surface area contributed by atoms with E-state index in [0.717, 1.165) is 12.3 Å². The van der Waals surface area contributed by atoms with Crippen LogP contribution in [0.4, 0.5) is 8.78 Å². The van der Waals surface area contributed by atoms with Gasteiger partial charge >= 0.3 is 0 Å². The number of halogens is 4. The normalized spacial score (nSPS) is 10.8. The van der Waals surface area contributed by atoms with Gasteiger partial charge in [0.1, 0.15) is 0 Å². The third-order valence-corrected chi connectivity index (χ3v) is 2.31. The van der Waals surface area contributed by atoms with Crippen LogP contribution >= 0.6 is 23.2 Å². The van der Waals surface area contributed by atoms with Crippen molar-refractivity contribution in [3.05, 3.63) is 33.3 Å². The summed E-state index contributed by atoms with van der Waals surface area (Å²) in [5.41, 5.74) is 9.64. The fraction of sp³-hybridized carbons (Fsp3) is 0. The highest BCUT2D eigenvalue weighted by Gasteiger charge is 2.14. The van der Waals surface area contributed by atoms with Crippen LogP contribution in [0, 0.1) is 11.6 Å². The number of nitrogens with zero attached hydrogens (tertiary/aromatic N) is 2. The van der Waals surface area contributed by atoms with Crippen LogP contribution in [0.2, 0.25) is 10.0 Å². The van der Waals surface area contributed by atoms with Crippen molar-refractivity contribution in [1.82, 2.24) is 0 Å². The maximum absolute atomic E-state index is 13.2. The highest BCUT2D eigenvalue weighted by atomic mass is 35.5. The molecule has 16 heavy (non-hydrogen) atoms. The summed E-state index contributed by atoms with van der Waals surface area (Å²) in [6.45, 7) is 0. The summed E-state index contributed by atoms with van der Waals surface area (Å²) in [7, 11) is 0. The van der Waals surface area contributed by atoms with Crippen molar-refractivity contribution in [3.63, 3.8) is 0 Å². The lowest BCUT2D eigenvalue weighted by Crippen LogP contribution is -2.21. The number of rotatable bonds is 2. The summed E-state index contributed by atoms with van der Waals surface area (Å²) in [4.78, 5) is 0. The van der Waals surface area contributed by atoms with Crippen LogP contribution in [0.5, 0.6) is 0 Å². The maximum Gasteiger partial charge on any atom is 0.211 e. The van der Waals surface area contributed by atoms with E-state index in [1.54, 1.807) is 0 Å². The lowest BCUT2D eigenvalue weighted by Gasteiger charge is -2.02. The zero-order valence-electron chi connectivity index (χ0n) is 7.72. The molecule has 1 aromatic rings. The van der Waals surface area contributed by atoms with Gasteiger partial charge in [0.25, 0.3) is 0 Å². The molecule has 0 unspecified atom stereocenters. The molecule has 0 bridgehead atoms. The van der Waals surface area contributed by atoms with E-state index in [4.69, 9.17) is 34.7 Å². The number of hydrogen-bond acceptors (Lipinski definition) is 2. The summed E-state index contributed by atoms with van der Waals surface area (Å²) in [5, 5.41) is 6.22. The van der Waals surface area contributed by atoms with Crippen molar-refractivity contribution in [2.45, 2.75) is 0 Å². The summed E-state index contributed by atoms with van der Waals surface area (Å²) < 4.78 is 26.2. The first kappa shape index (κ1) is 12.7. The Labute approximate surface area is 99.5 Å². The molecule has 4 nitrogen and oxygen atoms in total. The molecule has 0 radical (unpaired) electrons. The average molecular weight is 267 g/mol. The molecule has 0 saturated carbocycles. The molecular formula is C8H6Cl2F2N4. The van der Waals surface area contributed by atoms with Crippen LogP contribution in [0.15, 0.2) is 16.3 Å². The van der Waals surface area contributed by atoms with E-state index in [2.05, 4.69) is 10.2 Å². The molecule has 0 aliphatic rings. The molecule has 1 aromatic carbocycles. The molecule has 0 aliphatic heterocycles. The molecule has 0 fully saturated rings. The molecular weight excluding hydrogens is 261 g/mol. The minimum Gasteiger partial charge on any atom is -0.369 e. The molecule has 0 heterocycles. The predicted molar refractivity (Wildman–Crippen MR) is 59.8 cm³/mol. The van der Waals surface area contributed by atoms with Gasteiger partial charge in [-0.2, -0.15) is 5.10 Å². The van der Waals surface area contributed by atoms with Crippen molar-refractivity contribution in [2.24, 2.45) is 21.7 Å². The molecule has 4 N–H and O–H groups in total. The predicted octanol–water partition coefficient (Wildman–Crippen LogP) is 1.88. The monoisotopic (exact) mass is 266 g/mol. The van der Waals surface area contributed by atoms with E-state index in [-0.39, 0.29) is 21.6 Å². The Kier molecular flexibility index (Phi) is 4.03. The lowest BCUT2D eigenvalue weighted by atomic mass is 10.2. The first-order chi connectivity index (χ1) is 7.43. The fourth-order valence-corrected chi connectivity index (χ4v) is 1.24. The van der Waals surface area contributed by atoms with Gasteiger partial charge in [0.15, 0.2) is 11.6 Å². The number of nitrogens with two attached hydrogens (primary N) is 2. The van der Waals surface area contributed by atoms with Gasteiger partial charge in [-0.05, 0) is 6.07 Å². The third-order valence-electron chi connectivity index (χ3n) is 1.51. The van der Waals surface area contributed by atoms with Crippen molar-refractivity contribution in [2.75, 3.05) is 0 Å². The molecule has 0 aliphatic carbocycles. The van der Waals surface area contributed by atoms with Crippen molar-refractivity contribution >= 4 is 35.4 Å². The first-order valence-electron chi connectivity index (χ1n) is 3.88. The standard InChI is InChI=1S/C8H6Cl2F2N4/c9-4-1-5(11)7(12)3(6(4)10)2-15-16-8(13)14/h1-2H,(H4,13,14,16). The highest BCUT2D eigenvalue weighted by Crippen LogP contribution is 2.28. The zero-order valence-corrected chi connectivity index (χ0v) is 9.23. The van der Waals surface area contributed by atoms with Crippen LogP contribution in [-0.4, -0.2) is 12.2 Å². The van der Waals surface area contributed by atoms with Gasteiger partial charge in [-0.15, -0.1) is 5.10 Å². The van der Waals surface area contributed by atoms with E-state index >= 15 is 0 Å². The van der Waals surface area contributed by atoms with Gasteiger partial charge in [-0.25, -0.2) is 8.78 Å². The van der Waals surface area contributed by atoms with Crippen molar-refractivity contribution in [1.29, 1.82) is 0 Å². The van der Waals surface area contributed by atoms with Crippen molar-refractivity contribution < 1.29 is 8.78 Å². The van der Waals surface area contributed by atoms with Gasteiger partial charge in [0.05, 0.1) is 21.8 Å². The van der Waals surface area contributed by atoms with E-state index in [0.29, 0.717) is 0 Å². The van der Waals surface area contributed by atoms with E-state index in [1.807, 2.05) is 0 Å². The van der Waals surface area contributed by atoms with E-state index < -0.39 is 11.6 Å². The largest absolute Gasteiger partial charge is 0.369 e.